The first-order valence-electron chi connectivity index (χ1n) is 7.31. The molecule has 0 aliphatic heterocycles. The monoisotopic (exact) mass is 362 g/mol. The van der Waals surface area contributed by atoms with E-state index < -0.39 is 5.97 Å². The predicted octanol–water partition coefficient (Wildman–Crippen LogP) is 3.50. The summed E-state index contributed by atoms with van der Waals surface area (Å²) in [5.74, 6) is 0.128. The van der Waals surface area contributed by atoms with Crippen molar-refractivity contribution in [2.24, 2.45) is 0 Å². The Hall–Kier alpha value is -2.15. The molecule has 3 rings (SSSR count). The van der Waals surface area contributed by atoms with Crippen LogP contribution in [0.15, 0.2) is 41.8 Å². The molecule has 0 fully saturated rings. The first kappa shape index (κ1) is 16.7. The first-order chi connectivity index (χ1) is 11.7. The number of rotatable bonds is 6. The molecule has 0 amide bonds. The molecule has 5 nitrogen and oxygen atoms in total. The van der Waals surface area contributed by atoms with Gasteiger partial charge in [-0.25, -0.2) is 9.78 Å². The normalized spacial score (nSPS) is 11.4. The summed E-state index contributed by atoms with van der Waals surface area (Å²) in [5.41, 5.74) is 1.55. The van der Waals surface area contributed by atoms with Crippen LogP contribution in [0.2, 0.25) is 5.02 Å². The van der Waals surface area contributed by atoms with Crippen LogP contribution in [0, 0.1) is 0 Å². The number of thiophene rings is 1. The van der Waals surface area contributed by atoms with Crippen LogP contribution in [0.25, 0.3) is 17.1 Å². The maximum absolute atomic E-state index is 11.8. The standard InChI is InChI=1S/C17H15ClN2O3S/c18-12-3-5-14-15(10-12)20(7-8-21)16(19-14)11-23-17(22)6-4-13-2-1-9-24-13/h1-6,9-10,21H,7-8,11H2/b6-4+. The molecule has 2 heterocycles. The third-order valence-electron chi connectivity index (χ3n) is 3.38. The second kappa shape index (κ2) is 7.61. The maximum Gasteiger partial charge on any atom is 0.331 e. The van der Waals surface area contributed by atoms with Crippen LogP contribution in [0.1, 0.15) is 10.7 Å². The molecular weight excluding hydrogens is 348 g/mol. The summed E-state index contributed by atoms with van der Waals surface area (Å²) in [6.45, 7) is 0.339. The summed E-state index contributed by atoms with van der Waals surface area (Å²) in [6, 6.07) is 9.16. The zero-order valence-corrected chi connectivity index (χ0v) is 14.3. The summed E-state index contributed by atoms with van der Waals surface area (Å²) in [5, 5.41) is 11.8. The molecule has 1 aromatic carbocycles. The van der Waals surface area contributed by atoms with Gasteiger partial charge in [0.2, 0.25) is 0 Å². The molecule has 0 aliphatic rings. The van der Waals surface area contributed by atoms with Crippen molar-refractivity contribution in [3.05, 3.63) is 57.5 Å². The lowest BCUT2D eigenvalue weighted by Crippen LogP contribution is -2.10. The van der Waals surface area contributed by atoms with Gasteiger partial charge in [0.15, 0.2) is 0 Å². The third kappa shape index (κ3) is 3.84. The minimum Gasteiger partial charge on any atom is -0.454 e. The van der Waals surface area contributed by atoms with Crippen molar-refractivity contribution in [3.8, 4) is 0 Å². The van der Waals surface area contributed by atoms with Crippen molar-refractivity contribution in [2.75, 3.05) is 6.61 Å². The topological polar surface area (TPSA) is 64.3 Å². The van der Waals surface area contributed by atoms with Crippen molar-refractivity contribution >= 4 is 46.0 Å². The Morgan fingerprint density at radius 1 is 1.42 bits per heavy atom. The lowest BCUT2D eigenvalue weighted by atomic mass is 10.3. The average Bonchev–Trinajstić information content (AvgIpc) is 3.20. The fourth-order valence-electron chi connectivity index (χ4n) is 2.33. The van der Waals surface area contributed by atoms with Gasteiger partial charge in [0, 0.05) is 22.5 Å². The molecule has 0 saturated carbocycles. The van der Waals surface area contributed by atoms with E-state index in [9.17, 15) is 9.90 Å². The molecule has 0 atom stereocenters. The number of hydrogen-bond acceptors (Lipinski definition) is 5. The number of aliphatic hydroxyl groups is 1. The maximum atomic E-state index is 11.8. The van der Waals surface area contributed by atoms with Gasteiger partial charge in [-0.2, -0.15) is 0 Å². The largest absolute Gasteiger partial charge is 0.454 e. The number of carbonyl (C=O) groups is 1. The Morgan fingerprint density at radius 3 is 3.04 bits per heavy atom. The van der Waals surface area contributed by atoms with Gasteiger partial charge in [-0.15, -0.1) is 11.3 Å². The minimum atomic E-state index is -0.441. The zero-order chi connectivity index (χ0) is 16.9. The fourth-order valence-corrected chi connectivity index (χ4v) is 3.11. The van der Waals surface area contributed by atoms with Gasteiger partial charge in [0.05, 0.1) is 17.6 Å². The molecule has 24 heavy (non-hydrogen) atoms. The Bertz CT molecular complexity index is 871. The first-order valence-corrected chi connectivity index (χ1v) is 8.57. The number of halogens is 1. The highest BCUT2D eigenvalue weighted by molar-refractivity contribution is 7.10. The SMILES string of the molecule is O=C(/C=C/c1cccs1)OCc1nc2ccc(Cl)cc2n1CCO. The smallest absolute Gasteiger partial charge is 0.331 e. The fraction of sp³-hybridized carbons (Fsp3) is 0.176. The molecule has 1 N–H and O–H groups in total. The Labute approximate surface area is 147 Å². The molecule has 0 spiro atoms. The molecule has 0 aliphatic carbocycles. The van der Waals surface area contributed by atoms with Crippen molar-refractivity contribution in [1.29, 1.82) is 0 Å². The summed E-state index contributed by atoms with van der Waals surface area (Å²) >= 11 is 7.56. The van der Waals surface area contributed by atoms with Gasteiger partial charge in [-0.1, -0.05) is 17.7 Å². The van der Waals surface area contributed by atoms with Crippen LogP contribution in [0.4, 0.5) is 0 Å². The van der Waals surface area contributed by atoms with Gasteiger partial charge in [-0.05, 0) is 35.7 Å². The number of ether oxygens (including phenoxy) is 1. The van der Waals surface area contributed by atoms with E-state index in [1.165, 1.54) is 6.08 Å². The summed E-state index contributed by atoms with van der Waals surface area (Å²) in [4.78, 5) is 17.3. The Balaban J connectivity index is 1.74. The summed E-state index contributed by atoms with van der Waals surface area (Å²) in [7, 11) is 0. The van der Waals surface area contributed by atoms with Crippen LogP contribution < -0.4 is 0 Å². The Morgan fingerprint density at radius 2 is 2.29 bits per heavy atom. The van der Waals surface area contributed by atoms with Gasteiger partial charge >= 0.3 is 5.97 Å². The molecule has 7 heteroatoms. The number of nitrogens with zero attached hydrogens (tertiary/aromatic N) is 2. The molecule has 124 valence electrons. The van der Waals surface area contributed by atoms with Gasteiger partial charge in [-0.3, -0.25) is 0 Å². The third-order valence-corrected chi connectivity index (χ3v) is 4.46. The summed E-state index contributed by atoms with van der Waals surface area (Å²) in [6.07, 6.45) is 3.10. The van der Waals surface area contributed by atoms with Crippen LogP contribution >= 0.6 is 22.9 Å². The van der Waals surface area contributed by atoms with Gasteiger partial charge in [0.1, 0.15) is 12.4 Å². The van der Waals surface area contributed by atoms with E-state index in [2.05, 4.69) is 4.98 Å². The van der Waals surface area contributed by atoms with E-state index in [-0.39, 0.29) is 13.2 Å². The van der Waals surface area contributed by atoms with Crippen molar-refractivity contribution < 1.29 is 14.6 Å². The molecule has 0 bridgehead atoms. The number of hydrogen-bond donors (Lipinski definition) is 1. The van der Waals surface area contributed by atoms with E-state index in [1.807, 2.05) is 17.5 Å². The summed E-state index contributed by atoms with van der Waals surface area (Å²) < 4.78 is 7.06. The molecule has 0 saturated heterocycles. The highest BCUT2D eigenvalue weighted by Crippen LogP contribution is 2.21. The molecular formula is C17H15ClN2O3S. The zero-order valence-electron chi connectivity index (χ0n) is 12.7. The molecule has 0 radical (unpaired) electrons. The number of benzene rings is 1. The number of fused-ring (bicyclic) bond motifs is 1. The van der Waals surface area contributed by atoms with E-state index in [1.54, 1.807) is 40.2 Å². The Kier molecular flexibility index (Phi) is 5.30. The van der Waals surface area contributed by atoms with Gasteiger partial charge < -0.3 is 14.4 Å². The highest BCUT2D eigenvalue weighted by Gasteiger charge is 2.12. The van der Waals surface area contributed by atoms with Crippen LogP contribution in [0.3, 0.4) is 0 Å². The quantitative estimate of drug-likeness (QED) is 0.538. The second-order valence-corrected chi connectivity index (χ2v) is 6.41. The lowest BCUT2D eigenvalue weighted by molar-refractivity contribution is -0.139. The number of carbonyl (C=O) groups excluding carboxylic acids is 1. The number of imidazole rings is 1. The second-order valence-electron chi connectivity index (χ2n) is 4.99. The number of aliphatic hydroxyl groups excluding tert-OH is 1. The van der Waals surface area contributed by atoms with E-state index in [4.69, 9.17) is 16.3 Å². The van der Waals surface area contributed by atoms with E-state index >= 15 is 0 Å². The lowest BCUT2D eigenvalue weighted by Gasteiger charge is -2.07. The van der Waals surface area contributed by atoms with Gasteiger partial charge in [0.25, 0.3) is 0 Å². The van der Waals surface area contributed by atoms with Crippen LogP contribution in [-0.2, 0) is 22.7 Å². The molecule has 2 aromatic heterocycles. The average molecular weight is 363 g/mol. The minimum absolute atomic E-state index is 0.0277. The van der Waals surface area contributed by atoms with Crippen LogP contribution in [-0.4, -0.2) is 27.2 Å². The van der Waals surface area contributed by atoms with Crippen LogP contribution in [0.5, 0.6) is 0 Å². The van der Waals surface area contributed by atoms with E-state index in [0.29, 0.717) is 17.4 Å². The van der Waals surface area contributed by atoms with E-state index in [0.717, 1.165) is 15.9 Å². The molecule has 0 unspecified atom stereocenters. The molecule has 3 aromatic rings. The highest BCUT2D eigenvalue weighted by atomic mass is 35.5. The van der Waals surface area contributed by atoms with Crippen molar-refractivity contribution in [1.82, 2.24) is 9.55 Å². The van der Waals surface area contributed by atoms with Crippen molar-refractivity contribution in [2.45, 2.75) is 13.2 Å². The number of esters is 1. The van der Waals surface area contributed by atoms with Crippen molar-refractivity contribution in [3.63, 3.8) is 0 Å². The number of aromatic nitrogens is 2. The predicted molar refractivity (Wildman–Crippen MR) is 95.0 cm³/mol.